The van der Waals surface area contributed by atoms with Crippen LogP contribution in [0, 0.1) is 17.8 Å². The Bertz CT molecular complexity index is 316. The van der Waals surface area contributed by atoms with E-state index in [0.717, 1.165) is 29.8 Å². The first kappa shape index (κ1) is 15.8. The maximum atomic E-state index is 4.02. The first-order valence-corrected chi connectivity index (χ1v) is 9.29. The van der Waals surface area contributed by atoms with E-state index in [1.807, 2.05) is 0 Å². The minimum atomic E-state index is 0.723. The summed E-state index contributed by atoms with van der Waals surface area (Å²) in [6.45, 7) is 11.2. The molecule has 1 N–H and O–H groups in total. The Labute approximate surface area is 131 Å². The number of nitrogens with one attached hydrogen (secondary N) is 1. The van der Waals surface area contributed by atoms with E-state index in [1.54, 1.807) is 0 Å². The van der Waals surface area contributed by atoms with Gasteiger partial charge in [-0.05, 0) is 77.4 Å². The van der Waals surface area contributed by atoms with Crippen LogP contribution in [0.25, 0.3) is 0 Å². The molecule has 2 bridgehead atoms. The predicted molar refractivity (Wildman–Crippen MR) is 89.6 cm³/mol. The van der Waals surface area contributed by atoms with Gasteiger partial charge in [-0.3, -0.25) is 0 Å². The lowest BCUT2D eigenvalue weighted by Crippen LogP contribution is -2.59. The van der Waals surface area contributed by atoms with Crippen LogP contribution in [0.1, 0.15) is 46.0 Å². The van der Waals surface area contributed by atoms with Gasteiger partial charge in [-0.25, -0.2) is 0 Å². The van der Waals surface area contributed by atoms with Gasteiger partial charge in [0.05, 0.1) is 0 Å². The van der Waals surface area contributed by atoms with Crippen molar-refractivity contribution in [3.05, 3.63) is 0 Å². The zero-order valence-electron chi connectivity index (χ0n) is 14.4. The lowest BCUT2D eigenvalue weighted by Gasteiger charge is -2.49. The Morgan fingerprint density at radius 3 is 2.33 bits per heavy atom. The SMILES string of the molecule is CC(C)N1CC2CCCC(C1)C2NCC1CCCN(C)C1. The fraction of sp³-hybridized carbons (Fsp3) is 1.00. The second-order valence-corrected chi connectivity index (χ2v) is 8.20. The third-order valence-electron chi connectivity index (χ3n) is 6.20. The summed E-state index contributed by atoms with van der Waals surface area (Å²) in [5, 5.41) is 4.02. The van der Waals surface area contributed by atoms with Crippen LogP contribution < -0.4 is 5.32 Å². The third-order valence-corrected chi connectivity index (χ3v) is 6.20. The molecule has 3 rings (SSSR count). The number of fused-ring (bicyclic) bond motifs is 2. The molecule has 1 saturated carbocycles. The fourth-order valence-corrected chi connectivity index (χ4v) is 4.97. The summed E-state index contributed by atoms with van der Waals surface area (Å²) in [6, 6.07) is 1.53. The van der Waals surface area contributed by atoms with Gasteiger partial charge in [0, 0.05) is 31.7 Å². The van der Waals surface area contributed by atoms with Crippen molar-refractivity contribution in [2.24, 2.45) is 17.8 Å². The minimum Gasteiger partial charge on any atom is -0.313 e. The Morgan fingerprint density at radius 2 is 1.71 bits per heavy atom. The molecule has 122 valence electrons. The number of likely N-dealkylation sites (tertiary alicyclic amines) is 2. The largest absolute Gasteiger partial charge is 0.313 e. The molecule has 0 amide bonds. The van der Waals surface area contributed by atoms with Gasteiger partial charge < -0.3 is 15.1 Å². The summed E-state index contributed by atoms with van der Waals surface area (Å²) in [5.74, 6) is 2.69. The van der Waals surface area contributed by atoms with Crippen LogP contribution in [0.3, 0.4) is 0 Å². The van der Waals surface area contributed by atoms with Gasteiger partial charge >= 0.3 is 0 Å². The normalized spacial score (nSPS) is 38.9. The molecule has 3 unspecified atom stereocenters. The molecule has 0 spiro atoms. The number of nitrogens with zero attached hydrogens (tertiary/aromatic N) is 2. The van der Waals surface area contributed by atoms with Crippen LogP contribution >= 0.6 is 0 Å². The van der Waals surface area contributed by atoms with Crippen LogP contribution in [0.4, 0.5) is 0 Å². The molecule has 3 atom stereocenters. The maximum Gasteiger partial charge on any atom is 0.0148 e. The highest BCUT2D eigenvalue weighted by atomic mass is 15.2. The highest BCUT2D eigenvalue weighted by Gasteiger charge is 2.39. The third kappa shape index (κ3) is 3.80. The van der Waals surface area contributed by atoms with E-state index in [1.165, 1.54) is 64.8 Å². The van der Waals surface area contributed by atoms with E-state index in [2.05, 4.69) is 36.0 Å². The summed E-state index contributed by atoms with van der Waals surface area (Å²) >= 11 is 0. The van der Waals surface area contributed by atoms with Crippen molar-refractivity contribution >= 4 is 0 Å². The van der Waals surface area contributed by atoms with E-state index < -0.39 is 0 Å². The topological polar surface area (TPSA) is 18.5 Å². The Hall–Kier alpha value is -0.120. The molecule has 3 aliphatic rings. The van der Waals surface area contributed by atoms with Crippen molar-refractivity contribution in [3.8, 4) is 0 Å². The molecule has 3 fully saturated rings. The Kier molecular flexibility index (Phi) is 5.23. The molecular formula is C18H35N3. The summed E-state index contributed by atoms with van der Waals surface area (Å²) in [4.78, 5) is 5.24. The van der Waals surface area contributed by atoms with E-state index in [4.69, 9.17) is 0 Å². The summed E-state index contributed by atoms with van der Waals surface area (Å²) < 4.78 is 0. The average molecular weight is 293 g/mol. The van der Waals surface area contributed by atoms with Crippen molar-refractivity contribution in [1.82, 2.24) is 15.1 Å². The lowest BCUT2D eigenvalue weighted by molar-refractivity contribution is 0.0267. The van der Waals surface area contributed by atoms with Crippen LogP contribution in [-0.2, 0) is 0 Å². The molecule has 3 heteroatoms. The minimum absolute atomic E-state index is 0.723. The van der Waals surface area contributed by atoms with Gasteiger partial charge in [-0.15, -0.1) is 0 Å². The Balaban J connectivity index is 1.53. The van der Waals surface area contributed by atoms with Crippen LogP contribution in [0.5, 0.6) is 0 Å². The monoisotopic (exact) mass is 293 g/mol. The summed E-state index contributed by atoms with van der Waals surface area (Å²) in [6.07, 6.45) is 7.18. The van der Waals surface area contributed by atoms with Crippen molar-refractivity contribution < 1.29 is 0 Å². The van der Waals surface area contributed by atoms with Crippen LogP contribution in [0.2, 0.25) is 0 Å². The van der Waals surface area contributed by atoms with E-state index in [-0.39, 0.29) is 0 Å². The van der Waals surface area contributed by atoms with Crippen LogP contribution in [-0.4, -0.2) is 61.7 Å². The van der Waals surface area contributed by atoms with Crippen molar-refractivity contribution in [3.63, 3.8) is 0 Å². The van der Waals surface area contributed by atoms with E-state index in [9.17, 15) is 0 Å². The van der Waals surface area contributed by atoms with Gasteiger partial charge in [0.2, 0.25) is 0 Å². The maximum absolute atomic E-state index is 4.02. The lowest BCUT2D eigenvalue weighted by atomic mass is 9.73. The first-order chi connectivity index (χ1) is 10.1. The average Bonchev–Trinajstić information content (AvgIpc) is 2.44. The second kappa shape index (κ2) is 6.97. The van der Waals surface area contributed by atoms with E-state index in [0.29, 0.717) is 0 Å². The zero-order chi connectivity index (χ0) is 14.8. The molecule has 1 aliphatic carbocycles. The van der Waals surface area contributed by atoms with Gasteiger partial charge in [0.1, 0.15) is 0 Å². The van der Waals surface area contributed by atoms with Gasteiger partial charge in [0.25, 0.3) is 0 Å². The number of hydrogen-bond acceptors (Lipinski definition) is 3. The van der Waals surface area contributed by atoms with Gasteiger partial charge in [-0.1, -0.05) is 6.42 Å². The molecule has 0 radical (unpaired) electrons. The fourth-order valence-electron chi connectivity index (χ4n) is 4.97. The Morgan fingerprint density at radius 1 is 1.00 bits per heavy atom. The van der Waals surface area contributed by atoms with Crippen LogP contribution in [0.15, 0.2) is 0 Å². The number of hydrogen-bond donors (Lipinski definition) is 1. The number of rotatable bonds is 4. The molecule has 21 heavy (non-hydrogen) atoms. The first-order valence-electron chi connectivity index (χ1n) is 9.29. The van der Waals surface area contributed by atoms with Crippen molar-refractivity contribution in [1.29, 1.82) is 0 Å². The molecule has 0 aromatic heterocycles. The molecule has 0 aromatic carbocycles. The second-order valence-electron chi connectivity index (χ2n) is 8.20. The van der Waals surface area contributed by atoms with Crippen molar-refractivity contribution in [2.75, 3.05) is 39.8 Å². The standard InChI is InChI=1S/C18H35N3/c1-14(2)21-12-16-7-4-8-17(13-21)18(16)19-10-15-6-5-9-20(3)11-15/h14-19H,4-13H2,1-3H3. The van der Waals surface area contributed by atoms with Gasteiger partial charge in [-0.2, -0.15) is 0 Å². The molecule has 2 heterocycles. The van der Waals surface area contributed by atoms with E-state index >= 15 is 0 Å². The molecule has 3 nitrogen and oxygen atoms in total. The molecule has 2 saturated heterocycles. The highest BCUT2D eigenvalue weighted by molar-refractivity contribution is 4.95. The summed E-state index contributed by atoms with van der Waals surface area (Å²) in [5.41, 5.74) is 0. The highest BCUT2D eigenvalue weighted by Crippen LogP contribution is 2.35. The summed E-state index contributed by atoms with van der Waals surface area (Å²) in [7, 11) is 2.28. The smallest absolute Gasteiger partial charge is 0.0148 e. The molecular weight excluding hydrogens is 258 g/mol. The molecule has 0 aromatic rings. The molecule has 2 aliphatic heterocycles. The van der Waals surface area contributed by atoms with Crippen molar-refractivity contribution in [2.45, 2.75) is 58.0 Å². The quantitative estimate of drug-likeness (QED) is 0.859. The predicted octanol–water partition coefficient (Wildman–Crippen LogP) is 2.43. The number of piperidine rings is 2. The zero-order valence-corrected chi connectivity index (χ0v) is 14.4. The van der Waals surface area contributed by atoms with Gasteiger partial charge in [0.15, 0.2) is 0 Å².